The zero-order valence-corrected chi connectivity index (χ0v) is 13.2. The molecule has 1 N–H and O–H groups in total. The molecule has 0 spiro atoms. The SMILES string of the molecule is C[C@@H]1COCCN1C(=O)NC[C@@H](c1ccco1)N1CCCC1. The summed E-state index contributed by atoms with van der Waals surface area (Å²) in [6, 6.07) is 4.14. The van der Waals surface area contributed by atoms with E-state index in [4.69, 9.17) is 9.15 Å². The lowest BCUT2D eigenvalue weighted by molar-refractivity contribution is 0.0186. The molecule has 2 amide bonds. The van der Waals surface area contributed by atoms with Crippen molar-refractivity contribution in [2.45, 2.75) is 31.8 Å². The largest absolute Gasteiger partial charge is 0.468 e. The van der Waals surface area contributed by atoms with Gasteiger partial charge in [-0.05, 0) is 45.0 Å². The highest BCUT2D eigenvalue weighted by atomic mass is 16.5. The lowest BCUT2D eigenvalue weighted by atomic mass is 10.2. The van der Waals surface area contributed by atoms with Crippen LogP contribution in [0.3, 0.4) is 0 Å². The van der Waals surface area contributed by atoms with Crippen LogP contribution in [-0.2, 0) is 4.74 Å². The molecular formula is C16H25N3O3. The van der Waals surface area contributed by atoms with Crippen molar-refractivity contribution in [3.63, 3.8) is 0 Å². The number of hydrogen-bond acceptors (Lipinski definition) is 4. The van der Waals surface area contributed by atoms with Gasteiger partial charge in [0, 0.05) is 13.1 Å². The van der Waals surface area contributed by atoms with Crippen molar-refractivity contribution in [1.82, 2.24) is 15.1 Å². The van der Waals surface area contributed by atoms with E-state index in [-0.39, 0.29) is 18.1 Å². The maximum atomic E-state index is 12.4. The van der Waals surface area contributed by atoms with Crippen LogP contribution >= 0.6 is 0 Å². The normalized spacial score (nSPS) is 24.4. The van der Waals surface area contributed by atoms with Gasteiger partial charge >= 0.3 is 6.03 Å². The fraction of sp³-hybridized carbons (Fsp3) is 0.688. The third-order valence-electron chi connectivity index (χ3n) is 4.53. The van der Waals surface area contributed by atoms with Crippen molar-refractivity contribution in [2.24, 2.45) is 0 Å². The van der Waals surface area contributed by atoms with Gasteiger partial charge in [-0.1, -0.05) is 0 Å². The number of nitrogens with one attached hydrogen (secondary N) is 1. The third-order valence-corrected chi connectivity index (χ3v) is 4.53. The van der Waals surface area contributed by atoms with Gasteiger partial charge < -0.3 is 19.4 Å². The molecule has 122 valence electrons. The van der Waals surface area contributed by atoms with Gasteiger partial charge in [0.25, 0.3) is 0 Å². The molecule has 1 aromatic rings. The molecule has 2 aliphatic rings. The van der Waals surface area contributed by atoms with E-state index in [2.05, 4.69) is 10.2 Å². The van der Waals surface area contributed by atoms with E-state index < -0.39 is 0 Å². The van der Waals surface area contributed by atoms with E-state index in [9.17, 15) is 4.79 Å². The van der Waals surface area contributed by atoms with Gasteiger partial charge in [-0.2, -0.15) is 0 Å². The molecular weight excluding hydrogens is 282 g/mol. The van der Waals surface area contributed by atoms with Crippen LogP contribution in [-0.4, -0.2) is 61.3 Å². The van der Waals surface area contributed by atoms with Crippen LogP contribution in [0, 0.1) is 0 Å². The van der Waals surface area contributed by atoms with E-state index in [1.807, 2.05) is 24.0 Å². The van der Waals surface area contributed by atoms with Gasteiger partial charge in [-0.25, -0.2) is 4.79 Å². The Morgan fingerprint density at radius 1 is 1.41 bits per heavy atom. The molecule has 6 heteroatoms. The maximum Gasteiger partial charge on any atom is 0.317 e. The van der Waals surface area contributed by atoms with Gasteiger partial charge in [-0.15, -0.1) is 0 Å². The molecule has 2 fully saturated rings. The lowest BCUT2D eigenvalue weighted by Crippen LogP contribution is -2.52. The van der Waals surface area contributed by atoms with Crippen LogP contribution in [0.25, 0.3) is 0 Å². The van der Waals surface area contributed by atoms with Crippen molar-refractivity contribution < 1.29 is 13.9 Å². The molecule has 6 nitrogen and oxygen atoms in total. The summed E-state index contributed by atoms with van der Waals surface area (Å²) in [4.78, 5) is 16.7. The Bertz CT molecular complexity index is 471. The van der Waals surface area contributed by atoms with Crippen molar-refractivity contribution in [3.8, 4) is 0 Å². The first-order valence-corrected chi connectivity index (χ1v) is 8.15. The van der Waals surface area contributed by atoms with Gasteiger partial charge in [-0.3, -0.25) is 4.90 Å². The number of likely N-dealkylation sites (tertiary alicyclic amines) is 1. The summed E-state index contributed by atoms with van der Waals surface area (Å²) in [5.41, 5.74) is 0. The molecule has 3 heterocycles. The summed E-state index contributed by atoms with van der Waals surface area (Å²) >= 11 is 0. The van der Waals surface area contributed by atoms with Gasteiger partial charge in [0.05, 0.1) is 31.6 Å². The first-order valence-electron chi connectivity index (χ1n) is 8.15. The zero-order valence-electron chi connectivity index (χ0n) is 13.2. The van der Waals surface area contributed by atoms with E-state index >= 15 is 0 Å². The first kappa shape index (κ1) is 15.4. The van der Waals surface area contributed by atoms with Crippen molar-refractivity contribution in [2.75, 3.05) is 39.4 Å². The van der Waals surface area contributed by atoms with Crippen LogP contribution in [0.2, 0.25) is 0 Å². The Labute approximate surface area is 131 Å². The predicted octanol–water partition coefficient (Wildman–Crippen LogP) is 1.85. The van der Waals surface area contributed by atoms with Crippen LogP contribution in [0.15, 0.2) is 22.8 Å². The average Bonchev–Trinajstić information content (AvgIpc) is 3.21. The van der Waals surface area contributed by atoms with Crippen LogP contribution < -0.4 is 5.32 Å². The summed E-state index contributed by atoms with van der Waals surface area (Å²) in [6.45, 7) is 6.61. The molecule has 0 aromatic carbocycles. The average molecular weight is 307 g/mol. The van der Waals surface area contributed by atoms with Gasteiger partial charge in [0.1, 0.15) is 5.76 Å². The number of ether oxygens (including phenoxy) is 1. The monoisotopic (exact) mass is 307 g/mol. The minimum absolute atomic E-state index is 0.00782. The van der Waals surface area contributed by atoms with E-state index in [0.717, 1.165) is 18.8 Å². The minimum atomic E-state index is -0.00782. The molecule has 2 saturated heterocycles. The Morgan fingerprint density at radius 3 is 2.91 bits per heavy atom. The molecule has 0 radical (unpaired) electrons. The highest BCUT2D eigenvalue weighted by Crippen LogP contribution is 2.25. The highest BCUT2D eigenvalue weighted by molar-refractivity contribution is 5.74. The maximum absolute atomic E-state index is 12.4. The molecule has 0 bridgehead atoms. The Balaban J connectivity index is 1.60. The second-order valence-corrected chi connectivity index (χ2v) is 6.08. The van der Waals surface area contributed by atoms with Crippen LogP contribution in [0.5, 0.6) is 0 Å². The summed E-state index contributed by atoms with van der Waals surface area (Å²) in [6.07, 6.45) is 4.13. The van der Waals surface area contributed by atoms with Crippen LogP contribution in [0.4, 0.5) is 4.79 Å². The molecule has 0 unspecified atom stereocenters. The predicted molar refractivity (Wildman–Crippen MR) is 82.6 cm³/mol. The van der Waals surface area contributed by atoms with Gasteiger partial charge in [0.15, 0.2) is 0 Å². The van der Waals surface area contributed by atoms with E-state index in [1.165, 1.54) is 12.8 Å². The summed E-state index contributed by atoms with van der Waals surface area (Å²) < 4.78 is 11.0. The standard InChI is InChI=1S/C16H25N3O3/c1-13-12-21-10-8-19(13)16(20)17-11-14(15-5-4-9-22-15)18-6-2-3-7-18/h4-5,9,13-14H,2-3,6-8,10-12H2,1H3,(H,17,20)/t13-,14+/m1/s1. The molecule has 0 saturated carbocycles. The smallest absolute Gasteiger partial charge is 0.317 e. The second-order valence-electron chi connectivity index (χ2n) is 6.08. The van der Waals surface area contributed by atoms with Gasteiger partial charge in [0.2, 0.25) is 0 Å². The third kappa shape index (κ3) is 3.44. The Morgan fingerprint density at radius 2 is 2.23 bits per heavy atom. The fourth-order valence-corrected chi connectivity index (χ4v) is 3.26. The second kappa shape index (κ2) is 7.15. The first-order chi connectivity index (χ1) is 10.8. The zero-order chi connectivity index (χ0) is 15.4. The number of furan rings is 1. The Hall–Kier alpha value is -1.53. The fourth-order valence-electron chi connectivity index (χ4n) is 3.26. The summed E-state index contributed by atoms with van der Waals surface area (Å²) in [7, 11) is 0. The van der Waals surface area contributed by atoms with Crippen molar-refractivity contribution in [3.05, 3.63) is 24.2 Å². The van der Waals surface area contributed by atoms with Crippen molar-refractivity contribution >= 4 is 6.03 Å². The summed E-state index contributed by atoms with van der Waals surface area (Å²) in [5.74, 6) is 0.928. The quantitative estimate of drug-likeness (QED) is 0.922. The number of carbonyl (C=O) groups excluding carboxylic acids is 1. The van der Waals surface area contributed by atoms with Crippen molar-refractivity contribution in [1.29, 1.82) is 0 Å². The molecule has 22 heavy (non-hydrogen) atoms. The molecule has 0 aliphatic carbocycles. The number of nitrogens with zero attached hydrogens (tertiary/aromatic N) is 2. The topological polar surface area (TPSA) is 58.0 Å². The number of hydrogen-bond donors (Lipinski definition) is 1. The molecule has 2 atom stereocenters. The van der Waals surface area contributed by atoms with E-state index in [1.54, 1.807) is 6.26 Å². The Kier molecular flexibility index (Phi) is 5.00. The highest BCUT2D eigenvalue weighted by Gasteiger charge is 2.28. The molecule has 2 aliphatic heterocycles. The summed E-state index contributed by atoms with van der Waals surface area (Å²) in [5, 5.41) is 3.08. The number of rotatable bonds is 4. The molecule has 1 aromatic heterocycles. The number of morpholine rings is 1. The number of amides is 2. The minimum Gasteiger partial charge on any atom is -0.468 e. The number of urea groups is 1. The van der Waals surface area contributed by atoms with Crippen LogP contribution in [0.1, 0.15) is 31.6 Å². The number of carbonyl (C=O) groups is 1. The lowest BCUT2D eigenvalue weighted by Gasteiger charge is -2.34. The molecule has 3 rings (SSSR count). The van der Waals surface area contributed by atoms with E-state index in [0.29, 0.717) is 26.3 Å².